The van der Waals surface area contributed by atoms with Crippen molar-refractivity contribution in [1.82, 2.24) is 5.43 Å². The molecule has 2 aromatic carbocycles. The number of likely N-dealkylation sites (N-methyl/N-ethyl adjacent to an activating group) is 1. The molecule has 1 heterocycles. The number of phenols is 1. The number of benzene rings is 2. The smallest absolute Gasteiger partial charge is 0.271 e. The van der Waals surface area contributed by atoms with Crippen molar-refractivity contribution in [2.45, 2.75) is 40.2 Å². The van der Waals surface area contributed by atoms with Crippen LogP contribution in [-0.4, -0.2) is 29.3 Å². The average Bonchev–Trinajstić information content (AvgIpc) is 2.62. The molecule has 0 spiro atoms. The predicted octanol–water partition coefficient (Wildman–Crippen LogP) is 4.49. The molecule has 0 saturated heterocycles. The lowest BCUT2D eigenvalue weighted by molar-refractivity contribution is 0.0955. The Kier molecular flexibility index (Phi) is 5.27. The molecule has 0 aromatic heterocycles. The summed E-state index contributed by atoms with van der Waals surface area (Å²) in [5.74, 6) is -0.195. The van der Waals surface area contributed by atoms with E-state index in [1.165, 1.54) is 29.0 Å². The first-order valence-corrected chi connectivity index (χ1v) is 9.47. The largest absolute Gasteiger partial charge is 0.508 e. The second kappa shape index (κ2) is 7.50. The number of carbonyl (C=O) groups excluding carboxylic acids is 1. The van der Waals surface area contributed by atoms with E-state index in [-0.39, 0.29) is 17.2 Å². The molecule has 1 aliphatic rings. The predicted molar refractivity (Wildman–Crippen MR) is 115 cm³/mol. The SMILES string of the molecule is CCN1c2cc(C)c(/C=N\NC(=O)c3ccc(O)cc3)cc2C(C)=CC1(C)C. The van der Waals surface area contributed by atoms with Gasteiger partial charge in [-0.2, -0.15) is 5.10 Å². The molecule has 0 atom stereocenters. The number of anilines is 1. The number of aromatic hydroxyl groups is 1. The fourth-order valence-electron chi connectivity index (χ4n) is 3.80. The van der Waals surface area contributed by atoms with Crippen molar-refractivity contribution in [2.24, 2.45) is 5.10 Å². The summed E-state index contributed by atoms with van der Waals surface area (Å²) < 4.78 is 0. The molecule has 2 N–H and O–H groups in total. The Bertz CT molecular complexity index is 957. The minimum Gasteiger partial charge on any atom is -0.508 e. The van der Waals surface area contributed by atoms with Crippen LogP contribution in [0.25, 0.3) is 5.57 Å². The lowest BCUT2D eigenvalue weighted by Gasteiger charge is -2.43. The molecular formula is C23H27N3O2. The van der Waals surface area contributed by atoms with Crippen LogP contribution in [0.5, 0.6) is 5.75 Å². The van der Waals surface area contributed by atoms with Crippen molar-refractivity contribution in [2.75, 3.05) is 11.4 Å². The Balaban J connectivity index is 1.84. The Hall–Kier alpha value is -3.08. The molecule has 28 heavy (non-hydrogen) atoms. The van der Waals surface area contributed by atoms with Crippen LogP contribution in [0.3, 0.4) is 0 Å². The van der Waals surface area contributed by atoms with E-state index >= 15 is 0 Å². The van der Waals surface area contributed by atoms with Crippen LogP contribution in [0.4, 0.5) is 5.69 Å². The number of allylic oxidation sites excluding steroid dienone is 1. The van der Waals surface area contributed by atoms with E-state index in [0.29, 0.717) is 5.56 Å². The second-order valence-corrected chi connectivity index (χ2v) is 7.70. The first-order chi connectivity index (χ1) is 13.2. The number of carbonyl (C=O) groups is 1. The van der Waals surface area contributed by atoms with Crippen molar-refractivity contribution in [3.05, 3.63) is 64.7 Å². The number of hydrogen-bond acceptors (Lipinski definition) is 4. The van der Waals surface area contributed by atoms with Gasteiger partial charge in [0, 0.05) is 23.4 Å². The fraction of sp³-hybridized carbons (Fsp3) is 0.304. The van der Waals surface area contributed by atoms with E-state index in [2.05, 4.69) is 68.3 Å². The van der Waals surface area contributed by atoms with Crippen LogP contribution < -0.4 is 10.3 Å². The number of phenolic OH excluding ortho intramolecular Hbond substituents is 1. The van der Waals surface area contributed by atoms with Crippen molar-refractivity contribution in [3.63, 3.8) is 0 Å². The number of rotatable bonds is 4. The summed E-state index contributed by atoms with van der Waals surface area (Å²) in [4.78, 5) is 14.5. The lowest BCUT2D eigenvalue weighted by Crippen LogP contribution is -2.45. The number of fused-ring (bicyclic) bond motifs is 1. The van der Waals surface area contributed by atoms with E-state index in [1.54, 1.807) is 18.3 Å². The van der Waals surface area contributed by atoms with E-state index in [1.807, 2.05) is 0 Å². The van der Waals surface area contributed by atoms with Crippen LogP contribution in [0.15, 0.2) is 47.6 Å². The van der Waals surface area contributed by atoms with Crippen LogP contribution in [-0.2, 0) is 0 Å². The van der Waals surface area contributed by atoms with Crippen LogP contribution in [0.1, 0.15) is 54.7 Å². The molecule has 0 aliphatic carbocycles. The fourth-order valence-corrected chi connectivity index (χ4v) is 3.80. The van der Waals surface area contributed by atoms with Gasteiger partial charge in [0.05, 0.1) is 11.8 Å². The monoisotopic (exact) mass is 377 g/mol. The normalized spacial score (nSPS) is 15.3. The van der Waals surface area contributed by atoms with E-state index in [4.69, 9.17) is 0 Å². The summed E-state index contributed by atoms with van der Waals surface area (Å²) in [5.41, 5.74) is 8.70. The van der Waals surface area contributed by atoms with Gasteiger partial charge in [0.15, 0.2) is 0 Å². The molecule has 5 nitrogen and oxygen atoms in total. The maximum atomic E-state index is 12.1. The molecule has 0 unspecified atom stereocenters. The molecule has 0 fully saturated rings. The molecule has 3 rings (SSSR count). The van der Waals surface area contributed by atoms with E-state index in [9.17, 15) is 9.90 Å². The van der Waals surface area contributed by atoms with Gasteiger partial charge in [-0.15, -0.1) is 0 Å². The number of hydrogen-bond donors (Lipinski definition) is 2. The summed E-state index contributed by atoms with van der Waals surface area (Å²) in [6.45, 7) is 11.7. The molecule has 0 radical (unpaired) electrons. The third kappa shape index (κ3) is 3.79. The summed E-state index contributed by atoms with van der Waals surface area (Å²) in [7, 11) is 0. The van der Waals surface area contributed by atoms with Gasteiger partial charge in [-0.3, -0.25) is 4.79 Å². The Labute approximate surface area is 166 Å². The molecule has 1 aliphatic heterocycles. The summed E-state index contributed by atoms with van der Waals surface area (Å²) in [6.07, 6.45) is 3.97. The topological polar surface area (TPSA) is 64.9 Å². The van der Waals surface area contributed by atoms with Gasteiger partial charge in [0.25, 0.3) is 5.91 Å². The maximum absolute atomic E-state index is 12.1. The molecule has 0 saturated carbocycles. The number of hydrazone groups is 1. The van der Waals surface area contributed by atoms with Gasteiger partial charge in [-0.25, -0.2) is 5.43 Å². The number of nitrogens with one attached hydrogen (secondary N) is 1. The molecule has 5 heteroatoms. The Morgan fingerprint density at radius 1 is 1.21 bits per heavy atom. The van der Waals surface area contributed by atoms with Gasteiger partial charge in [-0.1, -0.05) is 6.08 Å². The summed E-state index contributed by atoms with van der Waals surface area (Å²) >= 11 is 0. The third-order valence-corrected chi connectivity index (χ3v) is 5.18. The molecule has 1 amide bonds. The summed E-state index contributed by atoms with van der Waals surface area (Å²) in [6, 6.07) is 10.4. The molecule has 0 bridgehead atoms. The van der Waals surface area contributed by atoms with Crippen molar-refractivity contribution in [3.8, 4) is 5.75 Å². The van der Waals surface area contributed by atoms with Gasteiger partial charge in [0.1, 0.15) is 5.75 Å². The van der Waals surface area contributed by atoms with Crippen LogP contribution >= 0.6 is 0 Å². The zero-order valence-electron chi connectivity index (χ0n) is 17.1. The standard InChI is InChI=1S/C23H27N3O2/c1-6-26-21-11-15(2)18(12-20(21)16(3)13-23(26,4)5)14-24-25-22(28)17-7-9-19(27)10-8-17/h7-14,27H,6H2,1-5H3,(H,25,28)/b24-14-. The first kappa shape index (κ1) is 19.7. The molecule has 146 valence electrons. The highest BCUT2D eigenvalue weighted by atomic mass is 16.3. The average molecular weight is 377 g/mol. The number of nitrogens with zero attached hydrogens (tertiary/aromatic N) is 2. The Morgan fingerprint density at radius 2 is 1.89 bits per heavy atom. The highest BCUT2D eigenvalue weighted by molar-refractivity contribution is 5.95. The minimum atomic E-state index is -0.318. The quantitative estimate of drug-likeness (QED) is 0.610. The van der Waals surface area contributed by atoms with Crippen LogP contribution in [0.2, 0.25) is 0 Å². The number of amides is 1. The number of aryl methyl sites for hydroxylation is 1. The molecule has 2 aromatic rings. The highest BCUT2D eigenvalue weighted by Gasteiger charge is 2.30. The third-order valence-electron chi connectivity index (χ3n) is 5.18. The van der Waals surface area contributed by atoms with Gasteiger partial charge in [0.2, 0.25) is 0 Å². The first-order valence-electron chi connectivity index (χ1n) is 9.47. The van der Waals surface area contributed by atoms with E-state index in [0.717, 1.165) is 17.7 Å². The zero-order valence-corrected chi connectivity index (χ0v) is 17.1. The maximum Gasteiger partial charge on any atom is 0.271 e. The zero-order chi connectivity index (χ0) is 20.5. The minimum absolute atomic E-state index is 0.0219. The van der Waals surface area contributed by atoms with Crippen molar-refractivity contribution < 1.29 is 9.90 Å². The van der Waals surface area contributed by atoms with Crippen LogP contribution in [0, 0.1) is 6.92 Å². The molecular weight excluding hydrogens is 350 g/mol. The van der Waals surface area contributed by atoms with Crippen molar-refractivity contribution in [1.29, 1.82) is 0 Å². The second-order valence-electron chi connectivity index (χ2n) is 7.70. The Morgan fingerprint density at radius 3 is 2.54 bits per heavy atom. The van der Waals surface area contributed by atoms with E-state index < -0.39 is 0 Å². The highest BCUT2D eigenvalue weighted by Crippen LogP contribution is 2.39. The van der Waals surface area contributed by atoms with Gasteiger partial charge >= 0.3 is 0 Å². The summed E-state index contributed by atoms with van der Waals surface area (Å²) in [5, 5.41) is 13.4. The van der Waals surface area contributed by atoms with Crippen molar-refractivity contribution >= 4 is 23.4 Å². The lowest BCUT2D eigenvalue weighted by atomic mass is 9.87. The van der Waals surface area contributed by atoms with Gasteiger partial charge in [-0.05, 0) is 87.7 Å². The van der Waals surface area contributed by atoms with Gasteiger partial charge < -0.3 is 10.0 Å².